The van der Waals surface area contributed by atoms with E-state index in [1.54, 1.807) is 0 Å². The fourth-order valence-corrected chi connectivity index (χ4v) is 3.73. The highest BCUT2D eigenvalue weighted by molar-refractivity contribution is 14.1. The Labute approximate surface area is 147 Å². The van der Waals surface area contributed by atoms with Crippen LogP contribution >= 0.6 is 45.8 Å². The molecule has 0 saturated heterocycles. The Balaban J connectivity index is 2.00. The van der Waals surface area contributed by atoms with Crippen molar-refractivity contribution in [3.8, 4) is 0 Å². The molecule has 1 aromatic heterocycles. The maximum atomic E-state index is 6.24. The fraction of sp³-hybridized carbons (Fsp3) is 0.333. The quantitative estimate of drug-likeness (QED) is 0.697. The predicted octanol–water partition coefficient (Wildman–Crippen LogP) is 4.90. The van der Waals surface area contributed by atoms with E-state index in [4.69, 9.17) is 28.2 Å². The summed E-state index contributed by atoms with van der Waals surface area (Å²) < 4.78 is 1.12. The van der Waals surface area contributed by atoms with Crippen LogP contribution in [0.15, 0.2) is 18.2 Å². The van der Waals surface area contributed by atoms with E-state index in [2.05, 4.69) is 32.9 Å². The number of aromatic nitrogens is 2. The van der Waals surface area contributed by atoms with Crippen LogP contribution in [0.1, 0.15) is 35.8 Å². The molecule has 0 radical (unpaired) electrons. The van der Waals surface area contributed by atoms with Gasteiger partial charge in [-0.05, 0) is 53.1 Å². The summed E-state index contributed by atoms with van der Waals surface area (Å²) in [6.07, 6.45) is 2.97. The van der Waals surface area contributed by atoms with Gasteiger partial charge in [-0.3, -0.25) is 0 Å². The highest BCUT2D eigenvalue weighted by atomic mass is 127. The molecule has 110 valence electrons. The summed E-state index contributed by atoms with van der Waals surface area (Å²) >= 11 is 14.8. The van der Waals surface area contributed by atoms with Crippen LogP contribution in [0.4, 0.5) is 5.82 Å². The molecule has 6 heteroatoms. The second-order valence-electron chi connectivity index (χ2n) is 5.09. The van der Waals surface area contributed by atoms with Crippen LogP contribution in [0.3, 0.4) is 0 Å². The van der Waals surface area contributed by atoms with Gasteiger partial charge >= 0.3 is 0 Å². The van der Waals surface area contributed by atoms with Crippen LogP contribution in [0.5, 0.6) is 0 Å². The summed E-state index contributed by atoms with van der Waals surface area (Å²) in [6, 6.07) is 5.53. The molecular weight excluding hydrogens is 420 g/mol. The van der Waals surface area contributed by atoms with E-state index in [0.29, 0.717) is 22.4 Å². The maximum absolute atomic E-state index is 6.24. The maximum Gasteiger partial charge on any atom is 0.143 e. The van der Waals surface area contributed by atoms with Crippen molar-refractivity contribution in [3.05, 3.63) is 48.9 Å². The van der Waals surface area contributed by atoms with E-state index < -0.39 is 0 Å². The SMILES string of the molecule is CNc1nc(Cc2c(Cl)cccc2Cl)nc(C2CC2)c1I. The Kier molecular flexibility index (Phi) is 4.57. The van der Waals surface area contributed by atoms with Crippen molar-refractivity contribution >= 4 is 51.6 Å². The van der Waals surface area contributed by atoms with Crippen molar-refractivity contribution in [2.24, 2.45) is 0 Å². The summed E-state index contributed by atoms with van der Waals surface area (Å²) in [5.74, 6) is 2.22. The van der Waals surface area contributed by atoms with Gasteiger partial charge in [0, 0.05) is 29.4 Å². The van der Waals surface area contributed by atoms with Gasteiger partial charge in [-0.2, -0.15) is 0 Å². The lowest BCUT2D eigenvalue weighted by Gasteiger charge is -2.12. The molecule has 21 heavy (non-hydrogen) atoms. The normalized spacial score (nSPS) is 14.3. The van der Waals surface area contributed by atoms with Crippen LogP contribution in [0.25, 0.3) is 0 Å². The first-order valence-electron chi connectivity index (χ1n) is 6.77. The molecule has 0 amide bonds. The smallest absolute Gasteiger partial charge is 0.143 e. The molecule has 0 unspecified atom stereocenters. The third-order valence-corrected chi connectivity index (χ3v) is 5.29. The standard InChI is InChI=1S/C15H14Cl2IN3/c1-19-15-13(18)14(8-5-6-8)20-12(21-15)7-9-10(16)3-2-4-11(9)17/h2-4,8H,5-7H2,1H3,(H,19,20,21). The Morgan fingerprint density at radius 3 is 2.48 bits per heavy atom. The summed E-state index contributed by atoms with van der Waals surface area (Å²) in [7, 11) is 1.88. The molecule has 3 nitrogen and oxygen atoms in total. The van der Waals surface area contributed by atoms with Gasteiger partial charge in [-0.1, -0.05) is 29.3 Å². The van der Waals surface area contributed by atoms with E-state index >= 15 is 0 Å². The molecule has 1 saturated carbocycles. The number of rotatable bonds is 4. The first-order chi connectivity index (χ1) is 10.1. The molecule has 1 aliphatic rings. The van der Waals surface area contributed by atoms with Gasteiger partial charge in [-0.25, -0.2) is 9.97 Å². The van der Waals surface area contributed by atoms with Crippen LogP contribution in [-0.4, -0.2) is 17.0 Å². The molecular formula is C15H14Cl2IN3. The molecule has 1 aromatic carbocycles. The third-order valence-electron chi connectivity index (χ3n) is 3.52. The van der Waals surface area contributed by atoms with Gasteiger partial charge in [0.15, 0.2) is 0 Å². The van der Waals surface area contributed by atoms with Crippen molar-refractivity contribution < 1.29 is 0 Å². The number of hydrogen-bond acceptors (Lipinski definition) is 3. The second kappa shape index (κ2) is 6.26. The molecule has 1 heterocycles. The van der Waals surface area contributed by atoms with E-state index in [1.165, 1.54) is 12.8 Å². The van der Waals surface area contributed by atoms with Crippen molar-refractivity contribution in [1.82, 2.24) is 9.97 Å². The molecule has 0 bridgehead atoms. The highest BCUT2D eigenvalue weighted by Gasteiger charge is 2.29. The topological polar surface area (TPSA) is 37.8 Å². The van der Waals surface area contributed by atoms with Crippen molar-refractivity contribution in [3.63, 3.8) is 0 Å². The number of anilines is 1. The minimum Gasteiger partial charge on any atom is -0.372 e. The Morgan fingerprint density at radius 2 is 1.90 bits per heavy atom. The van der Waals surface area contributed by atoms with Crippen molar-refractivity contribution in [1.29, 1.82) is 0 Å². The predicted molar refractivity (Wildman–Crippen MR) is 95.5 cm³/mol. The van der Waals surface area contributed by atoms with Gasteiger partial charge in [0.2, 0.25) is 0 Å². The second-order valence-corrected chi connectivity index (χ2v) is 6.98. The van der Waals surface area contributed by atoms with Crippen LogP contribution in [0, 0.1) is 3.57 Å². The Bertz CT molecular complexity index is 667. The lowest BCUT2D eigenvalue weighted by molar-refractivity contribution is 0.891. The zero-order chi connectivity index (χ0) is 15.0. The average Bonchev–Trinajstić information content (AvgIpc) is 3.29. The Hall–Kier alpha value is -0.590. The summed E-state index contributed by atoms with van der Waals surface area (Å²) in [5, 5.41) is 4.46. The lowest BCUT2D eigenvalue weighted by atomic mass is 10.1. The third kappa shape index (κ3) is 3.27. The Morgan fingerprint density at radius 1 is 1.24 bits per heavy atom. The fourth-order valence-electron chi connectivity index (χ4n) is 2.24. The van der Waals surface area contributed by atoms with Crippen molar-refractivity contribution in [2.45, 2.75) is 25.2 Å². The molecule has 3 rings (SSSR count). The van der Waals surface area contributed by atoms with E-state index in [9.17, 15) is 0 Å². The van der Waals surface area contributed by atoms with E-state index in [1.807, 2.05) is 25.2 Å². The highest BCUT2D eigenvalue weighted by Crippen LogP contribution is 2.42. The first-order valence-corrected chi connectivity index (χ1v) is 8.60. The summed E-state index contributed by atoms with van der Waals surface area (Å²) in [4.78, 5) is 9.34. The number of benzene rings is 1. The molecule has 1 N–H and O–H groups in total. The number of halogens is 3. The number of nitrogens with one attached hydrogen (secondary N) is 1. The zero-order valence-corrected chi connectivity index (χ0v) is 15.1. The van der Waals surface area contributed by atoms with Crippen LogP contribution in [-0.2, 0) is 6.42 Å². The van der Waals surface area contributed by atoms with Crippen molar-refractivity contribution in [2.75, 3.05) is 12.4 Å². The molecule has 0 spiro atoms. The zero-order valence-electron chi connectivity index (χ0n) is 11.5. The number of hydrogen-bond donors (Lipinski definition) is 1. The van der Waals surface area contributed by atoms with E-state index in [-0.39, 0.29) is 0 Å². The number of nitrogens with zero attached hydrogens (tertiary/aromatic N) is 2. The average molecular weight is 434 g/mol. The largest absolute Gasteiger partial charge is 0.372 e. The van der Waals surface area contributed by atoms with Gasteiger partial charge in [0.25, 0.3) is 0 Å². The lowest BCUT2D eigenvalue weighted by Crippen LogP contribution is -2.08. The van der Waals surface area contributed by atoms with Gasteiger partial charge in [0.1, 0.15) is 11.6 Å². The molecule has 1 aliphatic carbocycles. The molecule has 1 fully saturated rings. The minimum atomic E-state index is 0.545. The summed E-state index contributed by atoms with van der Waals surface area (Å²) in [5.41, 5.74) is 2.03. The first kappa shape index (κ1) is 15.3. The van der Waals surface area contributed by atoms with Crippen LogP contribution in [0.2, 0.25) is 10.0 Å². The van der Waals surface area contributed by atoms with E-state index in [0.717, 1.165) is 26.5 Å². The van der Waals surface area contributed by atoms with Gasteiger partial charge in [0.05, 0.1) is 9.26 Å². The van der Waals surface area contributed by atoms with Crippen LogP contribution < -0.4 is 5.32 Å². The molecule has 0 aliphatic heterocycles. The summed E-state index contributed by atoms with van der Waals surface area (Å²) in [6.45, 7) is 0. The van der Waals surface area contributed by atoms with Gasteiger partial charge < -0.3 is 5.32 Å². The van der Waals surface area contributed by atoms with Gasteiger partial charge in [-0.15, -0.1) is 0 Å². The molecule has 2 aromatic rings. The minimum absolute atomic E-state index is 0.545. The monoisotopic (exact) mass is 433 g/mol. The molecule has 0 atom stereocenters.